The lowest BCUT2D eigenvalue weighted by atomic mass is 10.1. The maximum absolute atomic E-state index is 13.4. The van der Waals surface area contributed by atoms with E-state index < -0.39 is 23.7 Å². The monoisotopic (exact) mass is 315 g/mol. The first kappa shape index (κ1) is 16.4. The Labute approximate surface area is 131 Å². The van der Waals surface area contributed by atoms with Gasteiger partial charge in [0.1, 0.15) is 29.7 Å². The number of aryl methyl sites for hydroxylation is 1. The Bertz CT molecular complexity index is 881. The predicted molar refractivity (Wildman–Crippen MR) is 80.0 cm³/mol. The van der Waals surface area contributed by atoms with Crippen molar-refractivity contribution >= 4 is 5.78 Å². The van der Waals surface area contributed by atoms with Crippen LogP contribution in [-0.2, 0) is 6.54 Å². The Balaban J connectivity index is 2.47. The highest BCUT2D eigenvalue weighted by atomic mass is 19.1. The number of carbonyl (C=O) groups excluding carboxylic acids is 1. The molecule has 1 aromatic carbocycles. The fourth-order valence-electron chi connectivity index (χ4n) is 2.13. The van der Waals surface area contributed by atoms with Crippen molar-refractivity contribution in [3.8, 4) is 11.8 Å². The van der Waals surface area contributed by atoms with Crippen molar-refractivity contribution in [1.82, 2.24) is 9.78 Å². The van der Waals surface area contributed by atoms with Gasteiger partial charge in [-0.15, -0.1) is 0 Å². The van der Waals surface area contributed by atoms with Crippen molar-refractivity contribution in [2.75, 3.05) is 7.11 Å². The van der Waals surface area contributed by atoms with Crippen LogP contribution in [0.2, 0.25) is 0 Å². The molecule has 1 heterocycles. The molecule has 0 atom stereocenters. The number of nitrogens with zero attached hydrogens (tertiary/aromatic N) is 3. The average molecular weight is 315 g/mol. The summed E-state index contributed by atoms with van der Waals surface area (Å²) in [6, 6.07) is 5.36. The molecular weight excluding hydrogens is 301 g/mol. The van der Waals surface area contributed by atoms with Gasteiger partial charge in [-0.25, -0.2) is 9.07 Å². The lowest BCUT2D eigenvalue weighted by Crippen LogP contribution is -2.30. The molecule has 0 amide bonds. The van der Waals surface area contributed by atoms with Gasteiger partial charge in [0.15, 0.2) is 5.78 Å². The van der Waals surface area contributed by atoms with Crippen LogP contribution in [0.3, 0.4) is 0 Å². The van der Waals surface area contributed by atoms with Gasteiger partial charge in [-0.1, -0.05) is 0 Å². The summed E-state index contributed by atoms with van der Waals surface area (Å²) in [7, 11) is 1.36. The highest BCUT2D eigenvalue weighted by Crippen LogP contribution is 2.20. The van der Waals surface area contributed by atoms with Crippen LogP contribution in [0, 0.1) is 31.0 Å². The second-order valence-corrected chi connectivity index (χ2v) is 4.93. The van der Waals surface area contributed by atoms with Gasteiger partial charge in [0.2, 0.25) is 0 Å². The molecule has 118 valence electrons. The number of Topliss-reactive ketones (excluding diaryl/α,β-unsaturated/α-hetero) is 1. The number of benzene rings is 1. The molecular formula is C16H14FN3O3. The van der Waals surface area contributed by atoms with E-state index in [0.717, 1.165) is 10.7 Å². The zero-order valence-corrected chi connectivity index (χ0v) is 12.9. The molecule has 0 aliphatic heterocycles. The molecule has 0 radical (unpaired) electrons. The highest BCUT2D eigenvalue weighted by Gasteiger charge is 2.18. The first-order chi connectivity index (χ1) is 10.9. The third kappa shape index (κ3) is 3.11. The summed E-state index contributed by atoms with van der Waals surface area (Å²) >= 11 is 0. The molecule has 0 bridgehead atoms. The van der Waals surface area contributed by atoms with E-state index in [-0.39, 0.29) is 16.9 Å². The minimum Gasteiger partial charge on any atom is -0.496 e. The van der Waals surface area contributed by atoms with E-state index in [4.69, 9.17) is 10.00 Å². The highest BCUT2D eigenvalue weighted by molar-refractivity contribution is 5.98. The number of ether oxygens (including phenoxy) is 1. The van der Waals surface area contributed by atoms with E-state index in [1.165, 1.54) is 19.2 Å². The Morgan fingerprint density at radius 2 is 2.13 bits per heavy atom. The van der Waals surface area contributed by atoms with Gasteiger partial charge in [-0.3, -0.25) is 9.59 Å². The lowest BCUT2D eigenvalue weighted by molar-refractivity contribution is 0.0962. The van der Waals surface area contributed by atoms with Crippen LogP contribution >= 0.6 is 0 Å². The minimum absolute atomic E-state index is 0.0120. The summed E-state index contributed by atoms with van der Waals surface area (Å²) in [5.41, 5.74) is 0.249. The Morgan fingerprint density at radius 1 is 1.43 bits per heavy atom. The van der Waals surface area contributed by atoms with Crippen LogP contribution in [0.5, 0.6) is 5.75 Å². The minimum atomic E-state index is -0.653. The van der Waals surface area contributed by atoms with Crippen molar-refractivity contribution in [1.29, 1.82) is 5.26 Å². The summed E-state index contributed by atoms with van der Waals surface area (Å²) in [5.74, 6) is -0.927. The van der Waals surface area contributed by atoms with E-state index in [0.29, 0.717) is 11.3 Å². The molecule has 6 nitrogen and oxygen atoms in total. The van der Waals surface area contributed by atoms with Crippen molar-refractivity contribution < 1.29 is 13.9 Å². The molecule has 2 aromatic rings. The zero-order valence-electron chi connectivity index (χ0n) is 12.9. The average Bonchev–Trinajstić information content (AvgIpc) is 2.53. The summed E-state index contributed by atoms with van der Waals surface area (Å²) in [6.07, 6.45) is 0. The SMILES string of the molecule is COc1ccc(F)cc1C(=O)Cn1nc(C)c(C)c(C#N)c1=O. The molecule has 23 heavy (non-hydrogen) atoms. The maximum atomic E-state index is 13.4. The second kappa shape index (κ2) is 6.40. The fraction of sp³-hybridized carbons (Fsp3) is 0.250. The van der Waals surface area contributed by atoms with Gasteiger partial charge < -0.3 is 4.74 Å². The van der Waals surface area contributed by atoms with Crippen LogP contribution in [0.25, 0.3) is 0 Å². The molecule has 0 saturated heterocycles. The summed E-state index contributed by atoms with van der Waals surface area (Å²) in [5, 5.41) is 13.1. The van der Waals surface area contributed by atoms with E-state index in [1.54, 1.807) is 13.8 Å². The largest absolute Gasteiger partial charge is 0.496 e. The number of halogens is 1. The number of hydrogen-bond donors (Lipinski definition) is 0. The molecule has 0 unspecified atom stereocenters. The number of nitriles is 1. The number of carbonyl (C=O) groups is 1. The smallest absolute Gasteiger partial charge is 0.285 e. The van der Waals surface area contributed by atoms with Crippen molar-refractivity contribution in [2.24, 2.45) is 0 Å². The molecule has 0 fully saturated rings. The predicted octanol–water partition coefficient (Wildman–Crippen LogP) is 1.76. The first-order valence-corrected chi connectivity index (χ1v) is 6.74. The van der Waals surface area contributed by atoms with Gasteiger partial charge in [0.25, 0.3) is 5.56 Å². The number of aromatic nitrogens is 2. The third-order valence-corrected chi connectivity index (χ3v) is 3.50. The molecule has 1 aromatic heterocycles. The molecule has 0 N–H and O–H groups in total. The number of ketones is 1. The lowest BCUT2D eigenvalue weighted by Gasteiger charge is -2.10. The molecule has 2 rings (SSSR count). The van der Waals surface area contributed by atoms with Crippen molar-refractivity contribution in [2.45, 2.75) is 20.4 Å². The molecule has 7 heteroatoms. The number of methoxy groups -OCH3 is 1. The van der Waals surface area contributed by atoms with Gasteiger partial charge in [0, 0.05) is 0 Å². The zero-order chi connectivity index (χ0) is 17.1. The Hall–Kier alpha value is -3.01. The van der Waals surface area contributed by atoms with Crippen molar-refractivity contribution in [3.05, 3.63) is 56.8 Å². The van der Waals surface area contributed by atoms with Crippen LogP contribution in [0.4, 0.5) is 4.39 Å². The van der Waals surface area contributed by atoms with E-state index in [1.807, 2.05) is 6.07 Å². The third-order valence-electron chi connectivity index (χ3n) is 3.50. The molecule has 0 saturated carbocycles. The van der Waals surface area contributed by atoms with E-state index in [9.17, 15) is 14.0 Å². The second-order valence-electron chi connectivity index (χ2n) is 4.93. The van der Waals surface area contributed by atoms with Crippen LogP contribution in [0.1, 0.15) is 27.2 Å². The Kier molecular flexibility index (Phi) is 4.55. The normalized spacial score (nSPS) is 10.2. The number of hydrogen-bond acceptors (Lipinski definition) is 5. The molecule has 0 aliphatic rings. The fourth-order valence-corrected chi connectivity index (χ4v) is 2.13. The van der Waals surface area contributed by atoms with E-state index >= 15 is 0 Å². The quantitative estimate of drug-likeness (QED) is 0.803. The van der Waals surface area contributed by atoms with Gasteiger partial charge in [0.05, 0.1) is 18.4 Å². The van der Waals surface area contributed by atoms with Crippen molar-refractivity contribution in [3.63, 3.8) is 0 Å². The summed E-state index contributed by atoms with van der Waals surface area (Å²) in [6.45, 7) is 2.85. The summed E-state index contributed by atoms with van der Waals surface area (Å²) in [4.78, 5) is 24.5. The van der Waals surface area contributed by atoms with Gasteiger partial charge in [-0.2, -0.15) is 10.4 Å². The van der Waals surface area contributed by atoms with E-state index in [2.05, 4.69) is 5.10 Å². The Morgan fingerprint density at radius 3 is 2.74 bits per heavy atom. The number of rotatable bonds is 4. The summed E-state index contributed by atoms with van der Waals surface area (Å²) < 4.78 is 19.3. The maximum Gasteiger partial charge on any atom is 0.285 e. The van der Waals surface area contributed by atoms with Crippen LogP contribution < -0.4 is 10.3 Å². The first-order valence-electron chi connectivity index (χ1n) is 6.74. The van der Waals surface area contributed by atoms with Gasteiger partial charge in [-0.05, 0) is 37.6 Å². The molecule has 0 aliphatic carbocycles. The topological polar surface area (TPSA) is 85.0 Å². The molecule has 0 spiro atoms. The van der Waals surface area contributed by atoms with Crippen LogP contribution in [0.15, 0.2) is 23.0 Å². The van der Waals surface area contributed by atoms with Gasteiger partial charge >= 0.3 is 0 Å². The standard InChI is InChI=1S/C16H14FN3O3/c1-9-10(2)19-20(16(22)13(9)7-18)8-14(21)12-6-11(17)4-5-15(12)23-3/h4-6H,8H2,1-3H3. The van der Waals surface area contributed by atoms with Crippen LogP contribution in [-0.4, -0.2) is 22.7 Å².